The van der Waals surface area contributed by atoms with E-state index in [9.17, 15) is 14.9 Å². The summed E-state index contributed by atoms with van der Waals surface area (Å²) in [6.07, 6.45) is 4.20. The number of hydrogen-bond acceptors (Lipinski definition) is 7. The highest BCUT2D eigenvalue weighted by Gasteiger charge is 2.31. The third kappa shape index (κ3) is 4.92. The summed E-state index contributed by atoms with van der Waals surface area (Å²) in [5, 5.41) is 12.7. The molecule has 2 fully saturated rings. The Labute approximate surface area is 203 Å². The molecule has 1 unspecified atom stereocenters. The number of carbonyl (C=O) groups is 2. The van der Waals surface area contributed by atoms with Gasteiger partial charge in [-0.3, -0.25) is 9.59 Å². The summed E-state index contributed by atoms with van der Waals surface area (Å²) in [7, 11) is 0. The highest BCUT2D eigenvalue weighted by molar-refractivity contribution is 5.80. The van der Waals surface area contributed by atoms with Crippen LogP contribution in [-0.2, 0) is 9.59 Å². The van der Waals surface area contributed by atoms with Crippen LogP contribution in [0.1, 0.15) is 43.0 Å². The monoisotopic (exact) mass is 473 g/mol. The van der Waals surface area contributed by atoms with Gasteiger partial charge in [-0.1, -0.05) is 30.3 Å². The molecule has 5 rings (SSSR count). The van der Waals surface area contributed by atoms with Crippen molar-refractivity contribution in [2.24, 2.45) is 5.92 Å². The maximum Gasteiger partial charge on any atom is 0.266 e. The van der Waals surface area contributed by atoms with Crippen LogP contribution in [0.5, 0.6) is 0 Å². The number of carbonyl (C=O) groups excluding carboxylic acids is 2. The first-order chi connectivity index (χ1) is 17.1. The van der Waals surface area contributed by atoms with Gasteiger partial charge in [0.05, 0.1) is 12.3 Å². The molecule has 0 radical (unpaired) electrons. The number of furan rings is 1. The van der Waals surface area contributed by atoms with Crippen LogP contribution in [0.25, 0.3) is 11.7 Å². The lowest BCUT2D eigenvalue weighted by molar-refractivity contribution is -0.130. The number of nitriles is 1. The topological polar surface area (TPSA) is 116 Å². The van der Waals surface area contributed by atoms with Crippen LogP contribution in [0.3, 0.4) is 0 Å². The Morgan fingerprint density at radius 3 is 2.63 bits per heavy atom. The molecule has 2 saturated heterocycles. The summed E-state index contributed by atoms with van der Waals surface area (Å²) in [5.74, 6) is 1.11. The van der Waals surface area contributed by atoms with Gasteiger partial charge in [-0.05, 0) is 37.0 Å². The Balaban J connectivity index is 1.24. The molecule has 35 heavy (non-hydrogen) atoms. The van der Waals surface area contributed by atoms with Gasteiger partial charge in [0.15, 0.2) is 5.76 Å². The van der Waals surface area contributed by atoms with Crippen LogP contribution in [0, 0.1) is 17.2 Å². The number of amides is 2. The second kappa shape index (κ2) is 10.1. The minimum absolute atomic E-state index is 0.0144. The fourth-order valence-electron chi connectivity index (χ4n) is 4.78. The third-order valence-electron chi connectivity index (χ3n) is 6.69. The first kappa shape index (κ1) is 22.7. The summed E-state index contributed by atoms with van der Waals surface area (Å²) in [5.41, 5.74) is 1.20. The van der Waals surface area contributed by atoms with E-state index in [0.29, 0.717) is 50.5 Å². The Bertz CT molecular complexity index is 1210. The Morgan fingerprint density at radius 2 is 1.97 bits per heavy atom. The smallest absolute Gasteiger partial charge is 0.266 e. The maximum atomic E-state index is 13.2. The number of piperidine rings is 1. The average Bonchev–Trinajstić information content (AvgIpc) is 3.65. The van der Waals surface area contributed by atoms with E-state index in [2.05, 4.69) is 16.4 Å². The first-order valence-electron chi connectivity index (χ1n) is 11.9. The molecule has 4 heterocycles. The summed E-state index contributed by atoms with van der Waals surface area (Å²) in [6.45, 7) is 2.35. The molecule has 2 amide bonds. The minimum Gasteiger partial charge on any atom is -0.459 e. The van der Waals surface area contributed by atoms with Crippen molar-refractivity contribution in [3.63, 3.8) is 0 Å². The number of nitrogens with zero attached hydrogens (tertiary/aromatic N) is 4. The summed E-state index contributed by atoms with van der Waals surface area (Å²) >= 11 is 0. The summed E-state index contributed by atoms with van der Waals surface area (Å²) in [4.78, 5) is 33.5. The normalized spacial score (nSPS) is 17.4. The average molecular weight is 474 g/mol. The molecule has 0 spiro atoms. The van der Waals surface area contributed by atoms with E-state index in [1.807, 2.05) is 40.1 Å². The molecule has 2 aliphatic heterocycles. The van der Waals surface area contributed by atoms with Crippen LogP contribution in [0.2, 0.25) is 0 Å². The fourth-order valence-corrected chi connectivity index (χ4v) is 4.78. The molecule has 2 aromatic heterocycles. The molecule has 1 atom stereocenters. The quantitative estimate of drug-likeness (QED) is 0.558. The van der Waals surface area contributed by atoms with Crippen molar-refractivity contribution in [2.45, 2.75) is 31.7 Å². The van der Waals surface area contributed by atoms with Crippen molar-refractivity contribution < 1.29 is 18.4 Å². The zero-order valence-electron chi connectivity index (χ0n) is 19.4. The highest BCUT2D eigenvalue weighted by atomic mass is 16.4. The van der Waals surface area contributed by atoms with Crippen molar-refractivity contribution in [3.05, 3.63) is 60.0 Å². The molecule has 9 nitrogen and oxygen atoms in total. The van der Waals surface area contributed by atoms with Crippen molar-refractivity contribution in [2.75, 3.05) is 31.1 Å². The van der Waals surface area contributed by atoms with E-state index < -0.39 is 0 Å². The van der Waals surface area contributed by atoms with Gasteiger partial charge in [0.2, 0.25) is 23.4 Å². The van der Waals surface area contributed by atoms with Crippen molar-refractivity contribution in [1.29, 1.82) is 5.26 Å². The van der Waals surface area contributed by atoms with E-state index in [1.54, 1.807) is 12.1 Å². The number of oxazole rings is 1. The predicted octanol–water partition coefficient (Wildman–Crippen LogP) is 3.50. The zero-order chi connectivity index (χ0) is 24.2. The van der Waals surface area contributed by atoms with Gasteiger partial charge in [-0.2, -0.15) is 10.2 Å². The van der Waals surface area contributed by atoms with E-state index in [0.717, 1.165) is 18.5 Å². The molecule has 9 heteroatoms. The van der Waals surface area contributed by atoms with Crippen molar-refractivity contribution in [3.8, 4) is 17.7 Å². The Kier molecular flexibility index (Phi) is 6.53. The molecule has 3 aromatic rings. The van der Waals surface area contributed by atoms with Gasteiger partial charge >= 0.3 is 0 Å². The first-order valence-corrected chi connectivity index (χ1v) is 11.9. The van der Waals surface area contributed by atoms with E-state index in [-0.39, 0.29) is 35.4 Å². The number of rotatable bonds is 7. The second-order valence-electron chi connectivity index (χ2n) is 8.94. The van der Waals surface area contributed by atoms with Gasteiger partial charge in [0.1, 0.15) is 6.07 Å². The number of benzene rings is 1. The molecule has 0 saturated carbocycles. The number of hydrogen-bond donors (Lipinski definition) is 1. The Hall–Kier alpha value is -4.06. The predicted molar refractivity (Wildman–Crippen MR) is 127 cm³/mol. The highest BCUT2D eigenvalue weighted by Crippen LogP contribution is 2.31. The zero-order valence-corrected chi connectivity index (χ0v) is 19.4. The van der Waals surface area contributed by atoms with Gasteiger partial charge in [0, 0.05) is 38.5 Å². The van der Waals surface area contributed by atoms with Gasteiger partial charge in [-0.15, -0.1) is 0 Å². The molecule has 2 aliphatic rings. The molecule has 180 valence electrons. The summed E-state index contributed by atoms with van der Waals surface area (Å²) < 4.78 is 11.2. The van der Waals surface area contributed by atoms with Crippen LogP contribution >= 0.6 is 0 Å². The van der Waals surface area contributed by atoms with Crippen LogP contribution in [0.15, 0.2) is 57.6 Å². The van der Waals surface area contributed by atoms with Gasteiger partial charge in [-0.25, -0.2) is 0 Å². The SMILES string of the molecule is N#Cc1nc(-c2ccco2)oc1N1CCC(C(=O)NC(CN2CCCC2=O)c2ccccc2)CC1. The van der Waals surface area contributed by atoms with E-state index in [1.165, 1.54) is 6.26 Å². The molecular formula is C26H27N5O4. The third-order valence-corrected chi connectivity index (χ3v) is 6.69. The van der Waals surface area contributed by atoms with E-state index in [4.69, 9.17) is 8.83 Å². The van der Waals surface area contributed by atoms with Crippen molar-refractivity contribution in [1.82, 2.24) is 15.2 Å². The number of anilines is 1. The number of aromatic nitrogens is 1. The molecule has 1 N–H and O–H groups in total. The minimum atomic E-state index is -0.251. The molecular weight excluding hydrogens is 446 g/mol. The van der Waals surface area contributed by atoms with Crippen molar-refractivity contribution >= 4 is 17.7 Å². The molecule has 0 bridgehead atoms. The second-order valence-corrected chi connectivity index (χ2v) is 8.94. The number of likely N-dealkylation sites (tertiary alicyclic amines) is 1. The van der Waals surface area contributed by atoms with Crippen LogP contribution in [-0.4, -0.2) is 47.9 Å². The van der Waals surface area contributed by atoms with Gasteiger partial charge in [0.25, 0.3) is 5.89 Å². The van der Waals surface area contributed by atoms with Crippen LogP contribution in [0.4, 0.5) is 5.88 Å². The standard InChI is InChI=1S/C26H27N5O4/c27-16-20-26(35-25(29-20)22-8-5-15-34-22)30-13-10-19(11-14-30)24(33)28-21(18-6-2-1-3-7-18)17-31-12-4-9-23(31)32/h1-3,5-8,15,19,21H,4,9-14,17H2,(H,28,33). The fraction of sp³-hybridized carbons (Fsp3) is 0.385. The maximum absolute atomic E-state index is 13.2. The van der Waals surface area contributed by atoms with E-state index >= 15 is 0 Å². The Morgan fingerprint density at radius 1 is 1.17 bits per heavy atom. The molecule has 0 aliphatic carbocycles. The number of nitrogens with one attached hydrogen (secondary N) is 1. The van der Waals surface area contributed by atoms with Gasteiger partial charge < -0.3 is 24.0 Å². The summed E-state index contributed by atoms with van der Waals surface area (Å²) in [6, 6.07) is 15.1. The largest absolute Gasteiger partial charge is 0.459 e. The lowest BCUT2D eigenvalue weighted by Gasteiger charge is -2.32. The lowest BCUT2D eigenvalue weighted by atomic mass is 9.95. The molecule has 1 aromatic carbocycles. The lowest BCUT2D eigenvalue weighted by Crippen LogP contribution is -2.44. The van der Waals surface area contributed by atoms with Crippen LogP contribution < -0.4 is 10.2 Å².